The first-order valence-corrected chi connectivity index (χ1v) is 7.15. The van der Waals surface area contributed by atoms with Gasteiger partial charge in [-0.15, -0.1) is 0 Å². The summed E-state index contributed by atoms with van der Waals surface area (Å²) in [5, 5.41) is 0. The van der Waals surface area contributed by atoms with E-state index in [2.05, 4.69) is 0 Å². The largest absolute Gasteiger partial charge is 0.328 e. The van der Waals surface area contributed by atoms with Crippen LogP contribution in [0, 0.1) is 5.92 Å². The highest BCUT2D eigenvalue weighted by Crippen LogP contribution is 2.08. The molecule has 0 spiro atoms. The Bertz CT molecular complexity index is 235. The summed E-state index contributed by atoms with van der Waals surface area (Å²) in [6, 6.07) is 0.105. The SMILES string of the molecule is CCC(C)CS(=O)(=O)CCCC(C)N. The minimum Gasteiger partial charge on any atom is -0.328 e. The summed E-state index contributed by atoms with van der Waals surface area (Å²) in [6.45, 7) is 5.90. The van der Waals surface area contributed by atoms with Crippen molar-refractivity contribution in [1.29, 1.82) is 0 Å². The molecule has 2 unspecified atom stereocenters. The second kappa shape index (κ2) is 6.40. The standard InChI is InChI=1S/C10H23NO2S/c1-4-9(2)8-14(12,13)7-5-6-10(3)11/h9-10H,4-8,11H2,1-3H3. The third kappa shape index (κ3) is 7.33. The van der Waals surface area contributed by atoms with Gasteiger partial charge < -0.3 is 5.73 Å². The van der Waals surface area contributed by atoms with Crippen molar-refractivity contribution >= 4 is 9.84 Å². The molecule has 0 radical (unpaired) electrons. The van der Waals surface area contributed by atoms with Gasteiger partial charge in [-0.2, -0.15) is 0 Å². The molecule has 0 aliphatic rings. The Morgan fingerprint density at radius 1 is 1.29 bits per heavy atom. The third-order valence-electron chi connectivity index (χ3n) is 2.35. The first kappa shape index (κ1) is 13.9. The van der Waals surface area contributed by atoms with Crippen molar-refractivity contribution in [2.45, 2.75) is 46.1 Å². The number of rotatable bonds is 7. The smallest absolute Gasteiger partial charge is 0.150 e. The summed E-state index contributed by atoms with van der Waals surface area (Å²) in [5.74, 6) is 0.886. The van der Waals surface area contributed by atoms with Crippen LogP contribution in [0.5, 0.6) is 0 Å². The van der Waals surface area contributed by atoms with Crippen molar-refractivity contribution in [2.24, 2.45) is 11.7 Å². The molecule has 0 saturated heterocycles. The highest BCUT2D eigenvalue weighted by atomic mass is 32.2. The highest BCUT2D eigenvalue weighted by molar-refractivity contribution is 7.91. The van der Waals surface area contributed by atoms with Gasteiger partial charge in [-0.05, 0) is 25.7 Å². The highest BCUT2D eigenvalue weighted by Gasteiger charge is 2.14. The summed E-state index contributed by atoms with van der Waals surface area (Å²) >= 11 is 0. The Labute approximate surface area is 88.0 Å². The Kier molecular flexibility index (Phi) is 6.36. The lowest BCUT2D eigenvalue weighted by molar-refractivity contribution is 0.557. The summed E-state index contributed by atoms with van der Waals surface area (Å²) in [6.07, 6.45) is 2.41. The maximum Gasteiger partial charge on any atom is 0.150 e. The Morgan fingerprint density at radius 3 is 2.29 bits per heavy atom. The monoisotopic (exact) mass is 221 g/mol. The molecule has 0 saturated carbocycles. The van der Waals surface area contributed by atoms with Gasteiger partial charge in [0.1, 0.15) is 0 Å². The summed E-state index contributed by atoms with van der Waals surface area (Å²) in [5.41, 5.74) is 5.55. The molecule has 2 atom stereocenters. The van der Waals surface area contributed by atoms with Gasteiger partial charge in [-0.25, -0.2) is 8.42 Å². The number of sulfone groups is 1. The van der Waals surface area contributed by atoms with Gasteiger partial charge in [0, 0.05) is 6.04 Å². The zero-order valence-corrected chi connectivity index (χ0v) is 10.3. The van der Waals surface area contributed by atoms with Gasteiger partial charge in [-0.3, -0.25) is 0 Å². The van der Waals surface area contributed by atoms with Crippen LogP contribution in [0.2, 0.25) is 0 Å². The van der Waals surface area contributed by atoms with E-state index in [1.54, 1.807) is 0 Å². The quantitative estimate of drug-likeness (QED) is 0.710. The first-order valence-electron chi connectivity index (χ1n) is 5.33. The van der Waals surface area contributed by atoms with Crippen molar-refractivity contribution in [3.63, 3.8) is 0 Å². The summed E-state index contributed by atoms with van der Waals surface area (Å²) in [7, 11) is -2.84. The molecule has 3 nitrogen and oxygen atoms in total. The summed E-state index contributed by atoms with van der Waals surface area (Å²) in [4.78, 5) is 0. The van der Waals surface area contributed by atoms with Crippen LogP contribution < -0.4 is 5.73 Å². The zero-order chi connectivity index (χ0) is 11.2. The molecular weight excluding hydrogens is 198 g/mol. The van der Waals surface area contributed by atoms with Crippen LogP contribution in [-0.4, -0.2) is 26.0 Å². The van der Waals surface area contributed by atoms with Crippen LogP contribution in [0.3, 0.4) is 0 Å². The van der Waals surface area contributed by atoms with E-state index in [-0.39, 0.29) is 12.0 Å². The van der Waals surface area contributed by atoms with E-state index < -0.39 is 9.84 Å². The van der Waals surface area contributed by atoms with E-state index in [1.807, 2.05) is 20.8 Å². The molecule has 14 heavy (non-hydrogen) atoms. The van der Waals surface area contributed by atoms with E-state index >= 15 is 0 Å². The van der Waals surface area contributed by atoms with Crippen molar-refractivity contribution in [2.75, 3.05) is 11.5 Å². The van der Waals surface area contributed by atoms with Crippen molar-refractivity contribution in [1.82, 2.24) is 0 Å². The van der Waals surface area contributed by atoms with Crippen LogP contribution in [0.4, 0.5) is 0 Å². The minimum atomic E-state index is -2.84. The lowest BCUT2D eigenvalue weighted by Crippen LogP contribution is -2.20. The maximum atomic E-state index is 11.5. The van der Waals surface area contributed by atoms with Gasteiger partial charge in [-0.1, -0.05) is 20.3 Å². The Morgan fingerprint density at radius 2 is 1.86 bits per heavy atom. The van der Waals surface area contributed by atoms with Gasteiger partial charge in [0.15, 0.2) is 9.84 Å². The van der Waals surface area contributed by atoms with Gasteiger partial charge >= 0.3 is 0 Å². The predicted molar refractivity (Wildman–Crippen MR) is 61.0 cm³/mol. The van der Waals surface area contributed by atoms with E-state index in [9.17, 15) is 8.42 Å². The fraction of sp³-hybridized carbons (Fsp3) is 1.00. The molecule has 0 heterocycles. The normalized spacial score (nSPS) is 16.6. The van der Waals surface area contributed by atoms with E-state index in [1.165, 1.54) is 0 Å². The first-order chi connectivity index (χ1) is 6.37. The third-order valence-corrected chi connectivity index (χ3v) is 4.34. The summed E-state index contributed by atoms with van der Waals surface area (Å²) < 4.78 is 23.1. The predicted octanol–water partition coefficient (Wildman–Crippen LogP) is 1.57. The second-order valence-corrected chi connectivity index (χ2v) is 6.48. The number of hydrogen-bond acceptors (Lipinski definition) is 3. The van der Waals surface area contributed by atoms with E-state index in [0.29, 0.717) is 17.9 Å². The minimum absolute atomic E-state index is 0.105. The topological polar surface area (TPSA) is 60.2 Å². The Hall–Kier alpha value is -0.0900. The van der Waals surface area contributed by atoms with E-state index in [4.69, 9.17) is 5.73 Å². The van der Waals surface area contributed by atoms with Crippen LogP contribution >= 0.6 is 0 Å². The van der Waals surface area contributed by atoms with Gasteiger partial charge in [0.05, 0.1) is 11.5 Å². The van der Waals surface area contributed by atoms with Gasteiger partial charge in [0.2, 0.25) is 0 Å². The fourth-order valence-electron chi connectivity index (χ4n) is 1.26. The molecule has 0 bridgehead atoms. The molecule has 0 aliphatic heterocycles. The van der Waals surface area contributed by atoms with E-state index in [0.717, 1.165) is 12.8 Å². The number of nitrogens with two attached hydrogens (primary N) is 1. The Balaban J connectivity index is 3.84. The molecular formula is C10H23NO2S. The fourth-order valence-corrected chi connectivity index (χ4v) is 3.14. The lowest BCUT2D eigenvalue weighted by Gasteiger charge is -2.10. The maximum absolute atomic E-state index is 11.5. The zero-order valence-electron chi connectivity index (χ0n) is 9.49. The average molecular weight is 221 g/mol. The molecule has 0 aliphatic carbocycles. The second-order valence-electron chi connectivity index (χ2n) is 4.25. The molecule has 4 heteroatoms. The van der Waals surface area contributed by atoms with Gasteiger partial charge in [0.25, 0.3) is 0 Å². The molecule has 86 valence electrons. The van der Waals surface area contributed by atoms with Crippen LogP contribution in [0.25, 0.3) is 0 Å². The number of hydrogen-bond donors (Lipinski definition) is 1. The van der Waals surface area contributed by atoms with Crippen molar-refractivity contribution in [3.8, 4) is 0 Å². The molecule has 0 aromatic heterocycles. The molecule has 2 N–H and O–H groups in total. The van der Waals surface area contributed by atoms with Crippen LogP contribution in [0.15, 0.2) is 0 Å². The molecule has 0 fully saturated rings. The molecule has 0 aromatic carbocycles. The molecule has 0 amide bonds. The van der Waals surface area contributed by atoms with Crippen LogP contribution in [-0.2, 0) is 9.84 Å². The van der Waals surface area contributed by atoms with Crippen molar-refractivity contribution < 1.29 is 8.42 Å². The lowest BCUT2D eigenvalue weighted by atomic mass is 10.2. The van der Waals surface area contributed by atoms with Crippen molar-refractivity contribution in [3.05, 3.63) is 0 Å². The molecule has 0 rings (SSSR count). The molecule has 0 aromatic rings. The average Bonchev–Trinajstić information content (AvgIpc) is 2.02. The van der Waals surface area contributed by atoms with Crippen LogP contribution in [0.1, 0.15) is 40.0 Å².